The Morgan fingerprint density at radius 3 is 2.59 bits per heavy atom. The molecule has 0 atom stereocenters. The van der Waals surface area contributed by atoms with E-state index in [0.717, 1.165) is 17.7 Å². The van der Waals surface area contributed by atoms with Crippen LogP contribution in [0.15, 0.2) is 26.6 Å². The highest BCUT2D eigenvalue weighted by Gasteiger charge is 2.12. The van der Waals surface area contributed by atoms with Gasteiger partial charge >= 0.3 is 5.76 Å². The molecule has 1 aromatic rings. The Bertz CT molecular complexity index is 523. The van der Waals surface area contributed by atoms with Gasteiger partial charge in [0.15, 0.2) is 5.76 Å². The largest absolute Gasteiger partial charge is 0.419 e. The van der Waals surface area contributed by atoms with Gasteiger partial charge in [-0.05, 0) is 31.1 Å². The fourth-order valence-corrected chi connectivity index (χ4v) is 1.63. The predicted octanol–water partition coefficient (Wildman–Crippen LogP) is 3.46. The molecule has 2 rings (SSSR count). The first-order valence-electron chi connectivity index (χ1n) is 6.13. The summed E-state index contributed by atoms with van der Waals surface area (Å²) in [5.74, 6) is 0.302. The van der Waals surface area contributed by atoms with Crippen molar-refractivity contribution in [2.45, 2.75) is 40.7 Å². The number of fused-ring (bicyclic) bond motifs is 1. The van der Waals surface area contributed by atoms with Crippen LogP contribution in [0.5, 0.6) is 0 Å². The zero-order chi connectivity index (χ0) is 12.8. The highest BCUT2D eigenvalue weighted by molar-refractivity contribution is 5.64. The Labute approximate surface area is 102 Å². The van der Waals surface area contributed by atoms with E-state index in [2.05, 4.69) is 12.7 Å². The quantitative estimate of drug-likeness (QED) is 0.733. The molecular weight excluding hydrogens is 214 g/mol. The molecule has 0 radical (unpaired) electrons. The first-order chi connectivity index (χ1) is 8.26. The van der Waals surface area contributed by atoms with Crippen molar-refractivity contribution in [2.24, 2.45) is 0 Å². The highest BCUT2D eigenvalue weighted by Crippen LogP contribution is 2.18. The number of oxazole rings is 1. The molecule has 0 unspecified atom stereocenters. The lowest BCUT2D eigenvalue weighted by Gasteiger charge is -1.99. The zero-order valence-corrected chi connectivity index (χ0v) is 10.9. The third-order valence-corrected chi connectivity index (χ3v) is 2.49. The lowest BCUT2D eigenvalue weighted by atomic mass is 10.1. The van der Waals surface area contributed by atoms with Crippen LogP contribution in [0.3, 0.4) is 0 Å². The van der Waals surface area contributed by atoms with Crippen molar-refractivity contribution in [1.82, 2.24) is 4.57 Å². The molecule has 1 aliphatic carbocycles. The molecule has 0 N–H and O–H groups in total. The average molecular weight is 233 g/mol. The molecule has 0 aromatic carbocycles. The van der Waals surface area contributed by atoms with Gasteiger partial charge in [0, 0.05) is 12.6 Å². The van der Waals surface area contributed by atoms with Gasteiger partial charge in [0.2, 0.25) is 0 Å². The second-order valence-electron chi connectivity index (χ2n) is 3.39. The molecule has 3 nitrogen and oxygen atoms in total. The van der Waals surface area contributed by atoms with E-state index >= 15 is 0 Å². The molecular formula is C14H19NO2. The summed E-state index contributed by atoms with van der Waals surface area (Å²) in [4.78, 5) is 11.5. The number of aromatic nitrogens is 1. The Hall–Kier alpha value is -1.73. The molecule has 17 heavy (non-hydrogen) atoms. The normalized spacial score (nSPS) is 12.4. The van der Waals surface area contributed by atoms with Crippen LogP contribution < -0.4 is 5.76 Å². The van der Waals surface area contributed by atoms with E-state index in [4.69, 9.17) is 4.42 Å². The molecule has 0 fully saturated rings. The molecule has 1 aromatic heterocycles. The number of nitrogens with zero attached hydrogens (tertiary/aromatic N) is 1. The van der Waals surface area contributed by atoms with Crippen LogP contribution in [-0.4, -0.2) is 4.57 Å². The topological polar surface area (TPSA) is 35.1 Å². The Balaban J connectivity index is 0.000000686. The summed E-state index contributed by atoms with van der Waals surface area (Å²) in [7, 11) is 0. The van der Waals surface area contributed by atoms with Crippen molar-refractivity contribution in [3.8, 4) is 0 Å². The predicted molar refractivity (Wildman–Crippen MR) is 70.8 cm³/mol. The van der Waals surface area contributed by atoms with E-state index in [1.54, 1.807) is 10.6 Å². The zero-order valence-electron chi connectivity index (χ0n) is 10.9. The molecule has 0 saturated heterocycles. The van der Waals surface area contributed by atoms with Gasteiger partial charge in [0.05, 0.1) is 5.69 Å². The van der Waals surface area contributed by atoms with Gasteiger partial charge in [0.1, 0.15) is 0 Å². The van der Waals surface area contributed by atoms with Crippen molar-refractivity contribution in [3.63, 3.8) is 0 Å². The molecule has 0 bridgehead atoms. The van der Waals surface area contributed by atoms with Gasteiger partial charge in [-0.25, -0.2) is 4.79 Å². The molecule has 1 heterocycles. The fraction of sp³-hybridized carbons (Fsp3) is 0.429. The van der Waals surface area contributed by atoms with E-state index in [1.807, 2.05) is 32.9 Å². The van der Waals surface area contributed by atoms with E-state index in [-0.39, 0.29) is 5.76 Å². The Morgan fingerprint density at radius 1 is 1.29 bits per heavy atom. The van der Waals surface area contributed by atoms with Crippen molar-refractivity contribution in [3.05, 3.63) is 39.4 Å². The fourth-order valence-electron chi connectivity index (χ4n) is 1.63. The first kappa shape index (κ1) is 13.3. The van der Waals surface area contributed by atoms with Crippen molar-refractivity contribution in [1.29, 1.82) is 0 Å². The summed E-state index contributed by atoms with van der Waals surface area (Å²) >= 11 is 0. The van der Waals surface area contributed by atoms with E-state index in [1.165, 1.54) is 0 Å². The van der Waals surface area contributed by atoms with Crippen LogP contribution in [0.1, 0.15) is 45.6 Å². The summed E-state index contributed by atoms with van der Waals surface area (Å²) in [6, 6.07) is 0. The van der Waals surface area contributed by atoms with Gasteiger partial charge in [-0.15, -0.1) is 5.73 Å². The van der Waals surface area contributed by atoms with Crippen LogP contribution >= 0.6 is 0 Å². The molecule has 0 saturated carbocycles. The molecule has 0 amide bonds. The van der Waals surface area contributed by atoms with Gasteiger partial charge in [0.25, 0.3) is 0 Å². The molecule has 0 spiro atoms. The summed E-state index contributed by atoms with van der Waals surface area (Å²) in [6.45, 7) is 8.63. The molecule has 1 aliphatic rings. The maximum atomic E-state index is 11.5. The monoisotopic (exact) mass is 233 g/mol. The van der Waals surface area contributed by atoms with E-state index in [0.29, 0.717) is 12.3 Å². The van der Waals surface area contributed by atoms with Crippen molar-refractivity contribution < 1.29 is 4.42 Å². The minimum Gasteiger partial charge on any atom is -0.407 e. The summed E-state index contributed by atoms with van der Waals surface area (Å²) in [5.41, 5.74) is 5.00. The van der Waals surface area contributed by atoms with Crippen LogP contribution in [-0.2, 0) is 6.54 Å². The second kappa shape index (κ2) is 6.12. The van der Waals surface area contributed by atoms with Crippen LogP contribution in [0.4, 0.5) is 0 Å². The van der Waals surface area contributed by atoms with Crippen LogP contribution in [0.25, 0.3) is 12.2 Å². The maximum Gasteiger partial charge on any atom is 0.419 e. The van der Waals surface area contributed by atoms with Gasteiger partial charge in [-0.2, -0.15) is 0 Å². The number of hydrogen-bond donors (Lipinski definition) is 0. The number of allylic oxidation sites excluding steroid dienone is 2. The average Bonchev–Trinajstić information content (AvgIpc) is 2.53. The first-order valence-corrected chi connectivity index (χ1v) is 6.13. The van der Waals surface area contributed by atoms with Gasteiger partial charge in [-0.1, -0.05) is 20.8 Å². The van der Waals surface area contributed by atoms with Gasteiger partial charge in [-0.3, -0.25) is 4.57 Å². The Morgan fingerprint density at radius 2 is 2.00 bits per heavy atom. The molecule has 3 heteroatoms. The standard InChI is InChI=1S/C12H13NO2.C2H6/c1-3-9-6-5-7-11-10(8-9)13(4-2)12(14)15-11;1-2/h6-8H,3-4H2,1-2H3;1-2H3. The number of rotatable bonds is 2. The minimum atomic E-state index is -0.297. The third kappa shape index (κ3) is 2.69. The van der Waals surface area contributed by atoms with E-state index < -0.39 is 0 Å². The van der Waals surface area contributed by atoms with Gasteiger partial charge < -0.3 is 4.42 Å². The van der Waals surface area contributed by atoms with Crippen molar-refractivity contribution in [2.75, 3.05) is 0 Å². The lowest BCUT2D eigenvalue weighted by molar-refractivity contribution is 0.477. The molecule has 92 valence electrons. The second-order valence-corrected chi connectivity index (χ2v) is 3.39. The maximum absolute atomic E-state index is 11.5. The smallest absolute Gasteiger partial charge is 0.407 e. The van der Waals surface area contributed by atoms with Crippen LogP contribution in [0, 0.1) is 0 Å². The lowest BCUT2D eigenvalue weighted by Crippen LogP contribution is -2.13. The SMILES string of the molecule is CC.CCC1=Cc2c(oc(=O)n2CC)C=C=C1. The summed E-state index contributed by atoms with van der Waals surface area (Å²) in [6.07, 6.45) is 6.53. The highest BCUT2D eigenvalue weighted by atomic mass is 16.4. The molecule has 0 aliphatic heterocycles. The minimum absolute atomic E-state index is 0.297. The van der Waals surface area contributed by atoms with Crippen LogP contribution in [0.2, 0.25) is 0 Å². The summed E-state index contributed by atoms with van der Waals surface area (Å²) < 4.78 is 6.75. The number of hydrogen-bond acceptors (Lipinski definition) is 2. The van der Waals surface area contributed by atoms with E-state index in [9.17, 15) is 4.79 Å². The summed E-state index contributed by atoms with van der Waals surface area (Å²) in [5, 5.41) is 0. The Kier molecular flexibility index (Phi) is 4.80. The van der Waals surface area contributed by atoms with Crippen molar-refractivity contribution >= 4 is 12.2 Å². The third-order valence-electron chi connectivity index (χ3n) is 2.49.